The number of aromatic hydroxyl groups is 2. The molecule has 1 heterocycles. The minimum Gasteiger partial charge on any atom is -0.508 e. The van der Waals surface area contributed by atoms with Crippen molar-refractivity contribution < 1.29 is 15.0 Å². The van der Waals surface area contributed by atoms with Gasteiger partial charge in [0, 0.05) is 5.56 Å². The molecule has 0 bridgehead atoms. The Bertz CT molecular complexity index is 1120. The number of hydrazone groups is 1. The van der Waals surface area contributed by atoms with Gasteiger partial charge in [0.25, 0.3) is 11.5 Å². The number of nitrogens with one attached hydrogen (secondary N) is 2. The van der Waals surface area contributed by atoms with Gasteiger partial charge in [-0.05, 0) is 48.6 Å². The van der Waals surface area contributed by atoms with Gasteiger partial charge in [-0.25, -0.2) is 5.43 Å². The summed E-state index contributed by atoms with van der Waals surface area (Å²) in [6, 6.07) is 14.3. The lowest BCUT2D eigenvalue weighted by Crippen LogP contribution is -2.21. The number of aromatic nitrogens is 2. The van der Waals surface area contributed by atoms with Crippen molar-refractivity contribution in [1.29, 1.82) is 0 Å². The maximum absolute atomic E-state index is 12.1. The Balaban J connectivity index is 1.90. The molecule has 3 aromatic rings. The van der Waals surface area contributed by atoms with Gasteiger partial charge in [0.05, 0.1) is 11.9 Å². The summed E-state index contributed by atoms with van der Waals surface area (Å²) in [5, 5.41) is 23.4. The zero-order valence-corrected chi connectivity index (χ0v) is 14.6. The van der Waals surface area contributed by atoms with Crippen molar-refractivity contribution in [2.75, 3.05) is 0 Å². The van der Waals surface area contributed by atoms with E-state index in [1.54, 1.807) is 30.3 Å². The van der Waals surface area contributed by atoms with Gasteiger partial charge in [-0.3, -0.25) is 19.1 Å². The number of hydrogen-bond donors (Lipinski definition) is 4. The zero-order chi connectivity index (χ0) is 19.4. The van der Waals surface area contributed by atoms with Crippen molar-refractivity contribution in [2.24, 2.45) is 5.10 Å². The largest absolute Gasteiger partial charge is 0.508 e. The molecular weight excluding hydrogens is 368 g/mol. The summed E-state index contributed by atoms with van der Waals surface area (Å²) in [4.78, 5) is 26.5. The summed E-state index contributed by atoms with van der Waals surface area (Å²) in [5.74, 6) is -0.920. The Morgan fingerprint density at radius 1 is 1.11 bits per heavy atom. The van der Waals surface area contributed by atoms with E-state index in [1.807, 2.05) is 0 Å². The first-order valence-corrected chi connectivity index (χ1v) is 8.14. The summed E-state index contributed by atoms with van der Waals surface area (Å²) in [6.45, 7) is 0. The fourth-order valence-corrected chi connectivity index (χ4v) is 2.59. The van der Waals surface area contributed by atoms with Crippen LogP contribution in [0.2, 0.25) is 0 Å². The number of amides is 1. The van der Waals surface area contributed by atoms with E-state index in [9.17, 15) is 19.8 Å². The van der Waals surface area contributed by atoms with E-state index in [4.69, 9.17) is 12.2 Å². The molecule has 8 nitrogen and oxygen atoms in total. The number of nitrogens with zero attached hydrogens (tertiary/aromatic N) is 2. The van der Waals surface area contributed by atoms with Gasteiger partial charge in [-0.15, -0.1) is 0 Å². The van der Waals surface area contributed by atoms with Gasteiger partial charge < -0.3 is 10.2 Å². The van der Waals surface area contributed by atoms with Crippen LogP contribution in [0.3, 0.4) is 0 Å². The lowest BCUT2D eigenvalue weighted by atomic mass is 10.2. The molecule has 0 saturated carbocycles. The molecule has 0 unspecified atom stereocenters. The van der Waals surface area contributed by atoms with Crippen molar-refractivity contribution in [2.45, 2.75) is 0 Å². The SMILES string of the molecule is O=C(N/N=C/c1c(O)n(-c2ccccc2)c(=S)[nH]c1=O)c1ccc(O)cc1. The first kappa shape index (κ1) is 18.1. The molecule has 3 rings (SSSR count). The quantitative estimate of drug-likeness (QED) is 0.313. The van der Waals surface area contributed by atoms with Crippen molar-refractivity contribution in [3.8, 4) is 17.3 Å². The van der Waals surface area contributed by atoms with Crippen LogP contribution in [0.5, 0.6) is 11.6 Å². The van der Waals surface area contributed by atoms with Gasteiger partial charge >= 0.3 is 0 Å². The molecular formula is C18H14N4O4S. The van der Waals surface area contributed by atoms with Gasteiger partial charge in [-0.1, -0.05) is 18.2 Å². The van der Waals surface area contributed by atoms with E-state index >= 15 is 0 Å². The number of carbonyl (C=O) groups is 1. The molecule has 1 aromatic heterocycles. The van der Waals surface area contributed by atoms with E-state index in [0.29, 0.717) is 5.69 Å². The Labute approximate surface area is 158 Å². The van der Waals surface area contributed by atoms with Crippen LogP contribution >= 0.6 is 12.2 Å². The minimum absolute atomic E-state index is 0.0222. The molecule has 0 atom stereocenters. The van der Waals surface area contributed by atoms with E-state index in [2.05, 4.69) is 15.5 Å². The molecule has 9 heteroatoms. The zero-order valence-electron chi connectivity index (χ0n) is 13.8. The van der Waals surface area contributed by atoms with Crippen LogP contribution in [0.15, 0.2) is 64.5 Å². The first-order chi connectivity index (χ1) is 13.0. The Morgan fingerprint density at radius 2 is 1.78 bits per heavy atom. The smallest absolute Gasteiger partial charge is 0.271 e. The van der Waals surface area contributed by atoms with E-state index in [0.717, 1.165) is 6.21 Å². The molecule has 4 N–H and O–H groups in total. The van der Waals surface area contributed by atoms with Gasteiger partial charge in [-0.2, -0.15) is 5.10 Å². The summed E-state index contributed by atoms with van der Waals surface area (Å²) >= 11 is 5.11. The molecule has 0 spiro atoms. The van der Waals surface area contributed by atoms with E-state index in [-0.39, 0.29) is 21.6 Å². The summed E-state index contributed by atoms with van der Waals surface area (Å²) in [5.41, 5.74) is 2.25. The second-order valence-corrected chi connectivity index (χ2v) is 5.80. The summed E-state index contributed by atoms with van der Waals surface area (Å²) in [7, 11) is 0. The van der Waals surface area contributed by atoms with Crippen LogP contribution in [0.4, 0.5) is 0 Å². The lowest BCUT2D eigenvalue weighted by molar-refractivity contribution is 0.0955. The lowest BCUT2D eigenvalue weighted by Gasteiger charge is -2.10. The summed E-state index contributed by atoms with van der Waals surface area (Å²) in [6.07, 6.45) is 1.03. The number of H-pyrrole nitrogens is 1. The first-order valence-electron chi connectivity index (χ1n) is 7.73. The Morgan fingerprint density at radius 3 is 2.44 bits per heavy atom. The standard InChI is InChI=1S/C18H14N4O4S/c23-13-8-6-11(7-9-13)15(24)21-19-10-14-16(25)20-18(27)22(17(14)26)12-4-2-1-3-5-12/h1-10,23,26H,(H,21,24)(H,20,25,27)/b19-10+. The third kappa shape index (κ3) is 3.93. The normalized spacial score (nSPS) is 10.8. The highest BCUT2D eigenvalue weighted by Gasteiger charge is 2.12. The molecule has 0 aliphatic carbocycles. The van der Waals surface area contributed by atoms with Crippen LogP contribution in [-0.4, -0.2) is 31.9 Å². The van der Waals surface area contributed by atoms with Gasteiger partial charge in [0.15, 0.2) is 4.77 Å². The fraction of sp³-hybridized carbons (Fsp3) is 0. The average molecular weight is 382 g/mol. The highest BCUT2D eigenvalue weighted by molar-refractivity contribution is 7.71. The number of phenols is 1. The van der Waals surface area contributed by atoms with Crippen molar-refractivity contribution in [3.63, 3.8) is 0 Å². The maximum atomic E-state index is 12.1. The number of hydrogen-bond acceptors (Lipinski definition) is 6. The highest BCUT2D eigenvalue weighted by Crippen LogP contribution is 2.18. The molecule has 2 aromatic carbocycles. The monoisotopic (exact) mass is 382 g/mol. The predicted octanol–water partition coefficient (Wildman–Crippen LogP) is 2.07. The number of benzene rings is 2. The third-order valence-corrected chi connectivity index (χ3v) is 3.91. The Hall–Kier alpha value is -3.72. The van der Waals surface area contributed by atoms with Crippen LogP contribution in [0, 0.1) is 4.77 Å². The fourth-order valence-electron chi connectivity index (χ4n) is 2.30. The Kier molecular flexibility index (Phi) is 5.13. The van der Waals surface area contributed by atoms with Gasteiger partial charge in [0.2, 0.25) is 5.88 Å². The van der Waals surface area contributed by atoms with Crippen molar-refractivity contribution in [1.82, 2.24) is 15.0 Å². The molecule has 0 aliphatic rings. The van der Waals surface area contributed by atoms with Crippen LogP contribution in [-0.2, 0) is 0 Å². The van der Waals surface area contributed by atoms with Crippen LogP contribution < -0.4 is 11.0 Å². The summed E-state index contributed by atoms with van der Waals surface area (Å²) < 4.78 is 1.30. The molecule has 0 fully saturated rings. The number of rotatable bonds is 4. The topological polar surface area (TPSA) is 120 Å². The van der Waals surface area contributed by atoms with Gasteiger partial charge in [0.1, 0.15) is 11.3 Å². The van der Waals surface area contributed by atoms with Crippen molar-refractivity contribution in [3.05, 3.63) is 80.8 Å². The molecule has 1 amide bonds. The molecule has 0 saturated heterocycles. The van der Waals surface area contributed by atoms with Crippen LogP contribution in [0.25, 0.3) is 5.69 Å². The van der Waals surface area contributed by atoms with Crippen LogP contribution in [0.1, 0.15) is 15.9 Å². The second kappa shape index (κ2) is 7.67. The minimum atomic E-state index is -0.646. The number of carbonyl (C=O) groups excluding carboxylic acids is 1. The molecule has 0 aliphatic heterocycles. The van der Waals surface area contributed by atoms with E-state index < -0.39 is 17.3 Å². The average Bonchev–Trinajstić information content (AvgIpc) is 2.65. The number of phenolic OH excluding ortho intramolecular Hbond substituents is 1. The maximum Gasteiger partial charge on any atom is 0.271 e. The predicted molar refractivity (Wildman–Crippen MR) is 102 cm³/mol. The highest BCUT2D eigenvalue weighted by atomic mass is 32.1. The molecule has 136 valence electrons. The second-order valence-electron chi connectivity index (χ2n) is 5.41. The van der Waals surface area contributed by atoms with Crippen molar-refractivity contribution >= 4 is 24.3 Å². The number of para-hydroxylation sites is 1. The molecule has 0 radical (unpaired) electrons. The van der Waals surface area contributed by atoms with E-state index in [1.165, 1.54) is 28.8 Å². The molecule has 27 heavy (non-hydrogen) atoms. The third-order valence-electron chi connectivity index (χ3n) is 3.62. The number of aromatic amines is 1.